The topological polar surface area (TPSA) is 46.5 Å². The van der Waals surface area contributed by atoms with Crippen LogP contribution in [0.4, 0.5) is 0 Å². The Morgan fingerprint density at radius 3 is 2.92 bits per heavy atom. The number of carbonyl (C=O) groups is 1. The molecule has 0 amide bonds. The monoisotopic (exact) mass is 356 g/mol. The van der Waals surface area contributed by atoms with Gasteiger partial charge in [0, 0.05) is 11.8 Å². The first-order valence-electron chi connectivity index (χ1n) is 10.5. The van der Waals surface area contributed by atoms with Gasteiger partial charge >= 0.3 is 5.97 Å². The van der Waals surface area contributed by atoms with Crippen LogP contribution in [0.2, 0.25) is 0 Å². The molecule has 1 unspecified atom stereocenters. The summed E-state index contributed by atoms with van der Waals surface area (Å²) in [7, 11) is 0. The number of fused-ring (bicyclic) bond motifs is 5. The van der Waals surface area contributed by atoms with Crippen LogP contribution in [-0.4, -0.2) is 17.2 Å². The van der Waals surface area contributed by atoms with E-state index in [1.807, 2.05) is 12.1 Å². The highest BCUT2D eigenvalue weighted by molar-refractivity contribution is 5.69. The highest BCUT2D eigenvalue weighted by Crippen LogP contribution is 2.61. The molecule has 0 heterocycles. The molecule has 1 aromatic carbocycles. The number of aromatic hydroxyl groups is 1. The largest absolute Gasteiger partial charge is 0.508 e. The summed E-state index contributed by atoms with van der Waals surface area (Å²) in [6.07, 6.45) is 9.47. The molecule has 0 aromatic heterocycles. The van der Waals surface area contributed by atoms with Crippen LogP contribution < -0.4 is 0 Å². The number of benzene rings is 1. The van der Waals surface area contributed by atoms with Crippen molar-refractivity contribution in [3.63, 3.8) is 0 Å². The van der Waals surface area contributed by atoms with Gasteiger partial charge in [0.2, 0.25) is 0 Å². The highest BCUT2D eigenvalue weighted by Gasteiger charge is 2.56. The summed E-state index contributed by atoms with van der Waals surface area (Å²) < 4.78 is 5.98. The first-order chi connectivity index (χ1) is 12.5. The number of hydrogen-bond acceptors (Lipinski definition) is 3. The standard InChI is InChI=1S/C23H32O3/c1-3-4-5-22(25)26-21-11-10-20-19-8-6-15-14-16(24)7-9-17(15)18(19)12-13-23(20,21)2/h7,9,14,18-21,24H,3-6,8,10-13H2,1-2H3/t18-,19+,20-,21?,23-/m0/s1. The zero-order chi connectivity index (χ0) is 18.3. The van der Waals surface area contributed by atoms with E-state index in [9.17, 15) is 9.90 Å². The third kappa shape index (κ3) is 2.93. The minimum absolute atomic E-state index is 0.00492. The van der Waals surface area contributed by atoms with Crippen molar-refractivity contribution < 1.29 is 14.6 Å². The summed E-state index contributed by atoms with van der Waals surface area (Å²) in [4.78, 5) is 12.2. The SMILES string of the molecule is CCCCC(=O)OC1CC[C@H]2[C@@H]3CCc4cc(O)ccc4[C@@H]3CC[C@]12C. The third-order valence-electron chi connectivity index (χ3n) is 7.63. The third-order valence-corrected chi connectivity index (χ3v) is 7.63. The predicted octanol–water partition coefficient (Wildman–Crippen LogP) is 5.35. The molecule has 1 N–H and O–H groups in total. The van der Waals surface area contributed by atoms with E-state index in [0.29, 0.717) is 29.9 Å². The van der Waals surface area contributed by atoms with Gasteiger partial charge < -0.3 is 9.84 Å². The van der Waals surface area contributed by atoms with Gasteiger partial charge in [0.25, 0.3) is 0 Å². The van der Waals surface area contributed by atoms with Gasteiger partial charge in [0.05, 0.1) is 0 Å². The van der Waals surface area contributed by atoms with Crippen molar-refractivity contribution in [2.24, 2.45) is 17.3 Å². The Hall–Kier alpha value is -1.51. The summed E-state index contributed by atoms with van der Waals surface area (Å²) in [6, 6.07) is 5.97. The van der Waals surface area contributed by atoms with Gasteiger partial charge in [-0.25, -0.2) is 0 Å². The first kappa shape index (κ1) is 17.9. The summed E-state index contributed by atoms with van der Waals surface area (Å²) in [5, 5.41) is 9.81. The molecule has 0 radical (unpaired) electrons. The van der Waals surface area contributed by atoms with Crippen LogP contribution in [0.15, 0.2) is 18.2 Å². The number of rotatable bonds is 4. The lowest BCUT2D eigenvalue weighted by molar-refractivity contribution is -0.157. The van der Waals surface area contributed by atoms with Gasteiger partial charge in [0.15, 0.2) is 0 Å². The normalized spacial score (nSPS) is 35.3. The van der Waals surface area contributed by atoms with Crippen molar-refractivity contribution >= 4 is 5.97 Å². The molecule has 1 aromatic rings. The van der Waals surface area contributed by atoms with Crippen LogP contribution in [0.25, 0.3) is 0 Å². The van der Waals surface area contributed by atoms with Crippen molar-refractivity contribution in [2.45, 2.75) is 83.7 Å². The average molecular weight is 357 g/mol. The number of phenolic OH excluding ortho intramolecular Hbond substituents is 1. The van der Waals surface area contributed by atoms with Crippen molar-refractivity contribution in [3.8, 4) is 5.75 Å². The lowest BCUT2D eigenvalue weighted by Gasteiger charge is -2.50. The molecular weight excluding hydrogens is 324 g/mol. The second kappa shape index (κ2) is 6.90. The Balaban J connectivity index is 1.51. The summed E-state index contributed by atoms with van der Waals surface area (Å²) in [5.74, 6) is 2.37. The number of unbranched alkanes of at least 4 members (excludes halogenated alkanes) is 1. The Bertz CT molecular complexity index is 682. The molecule has 3 heteroatoms. The lowest BCUT2D eigenvalue weighted by atomic mass is 9.55. The molecule has 26 heavy (non-hydrogen) atoms. The molecular formula is C23H32O3. The van der Waals surface area contributed by atoms with Crippen LogP contribution in [-0.2, 0) is 16.0 Å². The fourth-order valence-corrected chi connectivity index (χ4v) is 6.25. The molecule has 4 rings (SSSR count). The summed E-state index contributed by atoms with van der Waals surface area (Å²) >= 11 is 0. The highest BCUT2D eigenvalue weighted by atomic mass is 16.5. The molecule has 3 nitrogen and oxygen atoms in total. The van der Waals surface area contributed by atoms with Crippen molar-refractivity contribution in [1.29, 1.82) is 0 Å². The van der Waals surface area contributed by atoms with Gasteiger partial charge in [-0.15, -0.1) is 0 Å². The first-order valence-corrected chi connectivity index (χ1v) is 10.5. The van der Waals surface area contributed by atoms with Gasteiger partial charge in [0.1, 0.15) is 11.9 Å². The van der Waals surface area contributed by atoms with Gasteiger partial charge in [-0.2, -0.15) is 0 Å². The number of phenols is 1. The molecule has 3 aliphatic carbocycles. The van der Waals surface area contributed by atoms with E-state index in [-0.39, 0.29) is 17.5 Å². The van der Waals surface area contributed by atoms with Crippen molar-refractivity contribution in [1.82, 2.24) is 0 Å². The number of hydrogen-bond donors (Lipinski definition) is 1. The van der Waals surface area contributed by atoms with E-state index in [1.54, 1.807) is 0 Å². The number of carbonyl (C=O) groups excluding carboxylic acids is 1. The second-order valence-electron chi connectivity index (χ2n) is 9.00. The molecule has 142 valence electrons. The van der Waals surface area contributed by atoms with Crippen LogP contribution >= 0.6 is 0 Å². The van der Waals surface area contributed by atoms with Gasteiger partial charge in [-0.1, -0.05) is 26.3 Å². The predicted molar refractivity (Wildman–Crippen MR) is 102 cm³/mol. The number of esters is 1. The molecule has 0 spiro atoms. The molecule has 0 saturated heterocycles. The maximum Gasteiger partial charge on any atom is 0.306 e. The average Bonchev–Trinajstić information content (AvgIpc) is 2.96. The van der Waals surface area contributed by atoms with E-state index < -0.39 is 0 Å². The fraction of sp³-hybridized carbons (Fsp3) is 0.696. The Labute approximate surface area is 157 Å². The fourth-order valence-electron chi connectivity index (χ4n) is 6.25. The van der Waals surface area contributed by atoms with E-state index in [2.05, 4.69) is 19.9 Å². The number of ether oxygens (including phenoxy) is 1. The number of aryl methyl sites for hydroxylation is 1. The van der Waals surface area contributed by atoms with Gasteiger partial charge in [-0.3, -0.25) is 4.79 Å². The smallest absolute Gasteiger partial charge is 0.306 e. The maximum atomic E-state index is 12.2. The molecule has 5 atom stereocenters. The minimum atomic E-state index is 0.00492. The molecule has 2 saturated carbocycles. The molecule has 0 aliphatic heterocycles. The van der Waals surface area contributed by atoms with Crippen LogP contribution in [0.3, 0.4) is 0 Å². The van der Waals surface area contributed by atoms with Gasteiger partial charge in [-0.05, 0) is 86.0 Å². The zero-order valence-electron chi connectivity index (χ0n) is 16.2. The Morgan fingerprint density at radius 2 is 2.12 bits per heavy atom. The van der Waals surface area contributed by atoms with Crippen molar-refractivity contribution in [2.75, 3.05) is 0 Å². The van der Waals surface area contributed by atoms with Crippen LogP contribution in [0, 0.1) is 17.3 Å². The van der Waals surface area contributed by atoms with E-state index in [0.717, 1.165) is 32.1 Å². The van der Waals surface area contributed by atoms with Crippen molar-refractivity contribution in [3.05, 3.63) is 29.3 Å². The summed E-state index contributed by atoms with van der Waals surface area (Å²) in [6.45, 7) is 4.49. The van der Waals surface area contributed by atoms with Crippen LogP contribution in [0.5, 0.6) is 5.75 Å². The Morgan fingerprint density at radius 1 is 1.27 bits per heavy atom. The van der Waals surface area contributed by atoms with Crippen LogP contribution in [0.1, 0.15) is 82.3 Å². The lowest BCUT2D eigenvalue weighted by Crippen LogP contribution is -2.45. The molecule has 2 fully saturated rings. The second-order valence-corrected chi connectivity index (χ2v) is 9.00. The van der Waals surface area contributed by atoms with E-state index >= 15 is 0 Å². The quantitative estimate of drug-likeness (QED) is 0.740. The molecule has 3 aliphatic rings. The Kier molecular flexibility index (Phi) is 4.75. The molecule has 0 bridgehead atoms. The zero-order valence-corrected chi connectivity index (χ0v) is 16.2. The maximum absolute atomic E-state index is 12.2. The summed E-state index contributed by atoms with van der Waals surface area (Å²) in [5.41, 5.74) is 2.96. The minimum Gasteiger partial charge on any atom is -0.508 e. The van der Waals surface area contributed by atoms with E-state index in [1.165, 1.54) is 30.4 Å². The van der Waals surface area contributed by atoms with E-state index in [4.69, 9.17) is 4.74 Å².